The van der Waals surface area contributed by atoms with Crippen molar-refractivity contribution in [3.63, 3.8) is 0 Å². The van der Waals surface area contributed by atoms with E-state index in [0.29, 0.717) is 17.0 Å². The molecule has 4 nitrogen and oxygen atoms in total. The zero-order valence-corrected chi connectivity index (χ0v) is 13.4. The summed E-state index contributed by atoms with van der Waals surface area (Å²) in [6, 6.07) is 15.8. The average molecular weight is 331 g/mol. The van der Waals surface area contributed by atoms with Crippen LogP contribution >= 0.6 is 11.6 Å². The first-order valence-corrected chi connectivity index (χ1v) is 7.84. The van der Waals surface area contributed by atoms with Gasteiger partial charge >= 0.3 is 0 Å². The van der Waals surface area contributed by atoms with Crippen molar-refractivity contribution < 1.29 is 9.59 Å². The Bertz CT molecular complexity index is 656. The van der Waals surface area contributed by atoms with Crippen LogP contribution in [0.3, 0.4) is 0 Å². The van der Waals surface area contributed by atoms with Crippen LogP contribution in [0, 0.1) is 0 Å². The van der Waals surface area contributed by atoms with Crippen molar-refractivity contribution in [1.29, 1.82) is 0 Å². The lowest BCUT2D eigenvalue weighted by atomic mass is 10.0. The lowest BCUT2D eigenvalue weighted by molar-refractivity contribution is -0.120. The highest BCUT2D eigenvalue weighted by atomic mass is 35.5. The maximum absolute atomic E-state index is 12.1. The van der Waals surface area contributed by atoms with Gasteiger partial charge in [0, 0.05) is 10.6 Å². The molecule has 0 aromatic heterocycles. The molecule has 0 spiro atoms. The van der Waals surface area contributed by atoms with Gasteiger partial charge in [0.2, 0.25) is 5.91 Å². The van der Waals surface area contributed by atoms with E-state index in [0.717, 1.165) is 12.8 Å². The number of hydrogen-bond donors (Lipinski definition) is 2. The molecule has 0 bridgehead atoms. The van der Waals surface area contributed by atoms with Crippen molar-refractivity contribution in [3.8, 4) is 0 Å². The van der Waals surface area contributed by atoms with E-state index in [1.165, 1.54) is 5.56 Å². The molecular weight excluding hydrogens is 312 g/mol. The van der Waals surface area contributed by atoms with Crippen LogP contribution in [0.4, 0.5) is 0 Å². The fourth-order valence-corrected chi connectivity index (χ4v) is 2.41. The smallest absolute Gasteiger partial charge is 0.251 e. The van der Waals surface area contributed by atoms with Crippen molar-refractivity contribution in [2.24, 2.45) is 5.73 Å². The molecular formula is C18H19ClN2O2. The minimum Gasteiger partial charge on any atom is -0.368 e. The molecule has 0 aliphatic rings. The molecule has 0 aliphatic heterocycles. The largest absolute Gasteiger partial charge is 0.368 e. The van der Waals surface area contributed by atoms with Gasteiger partial charge in [0.05, 0.1) is 0 Å². The minimum absolute atomic E-state index is 0.329. The maximum Gasteiger partial charge on any atom is 0.251 e. The maximum atomic E-state index is 12.1. The van der Waals surface area contributed by atoms with Crippen LogP contribution in [-0.2, 0) is 11.2 Å². The van der Waals surface area contributed by atoms with E-state index in [9.17, 15) is 9.59 Å². The van der Waals surface area contributed by atoms with Gasteiger partial charge in [0.15, 0.2) is 0 Å². The monoisotopic (exact) mass is 330 g/mol. The summed E-state index contributed by atoms with van der Waals surface area (Å²) in [4.78, 5) is 23.7. The number of hydrogen-bond acceptors (Lipinski definition) is 2. The first-order valence-electron chi connectivity index (χ1n) is 7.46. The molecule has 120 valence electrons. The molecule has 2 rings (SSSR count). The molecule has 0 fully saturated rings. The van der Waals surface area contributed by atoms with Crippen molar-refractivity contribution in [3.05, 3.63) is 70.7 Å². The Morgan fingerprint density at radius 2 is 1.70 bits per heavy atom. The summed E-state index contributed by atoms with van der Waals surface area (Å²) >= 11 is 5.79. The van der Waals surface area contributed by atoms with Gasteiger partial charge in [0.25, 0.3) is 5.91 Å². The van der Waals surface area contributed by atoms with Crippen LogP contribution in [0.1, 0.15) is 28.8 Å². The van der Waals surface area contributed by atoms with Gasteiger partial charge in [-0.1, -0.05) is 41.9 Å². The molecule has 5 heteroatoms. The first-order chi connectivity index (χ1) is 11.1. The molecule has 0 radical (unpaired) electrons. The van der Waals surface area contributed by atoms with Gasteiger partial charge < -0.3 is 11.1 Å². The molecule has 2 amide bonds. The summed E-state index contributed by atoms with van der Waals surface area (Å²) in [6.07, 6.45) is 2.10. The second kappa shape index (κ2) is 8.34. The SMILES string of the molecule is NC(=O)[C@H](CCCc1ccccc1)NC(=O)c1ccc(Cl)cc1. The molecule has 0 aliphatic carbocycles. The molecule has 0 saturated heterocycles. The van der Waals surface area contributed by atoms with E-state index in [1.54, 1.807) is 24.3 Å². The highest BCUT2D eigenvalue weighted by molar-refractivity contribution is 6.30. The zero-order chi connectivity index (χ0) is 16.7. The summed E-state index contributed by atoms with van der Waals surface area (Å²) in [5, 5.41) is 3.23. The van der Waals surface area contributed by atoms with Crippen LogP contribution < -0.4 is 11.1 Å². The zero-order valence-electron chi connectivity index (χ0n) is 12.7. The van der Waals surface area contributed by atoms with Crippen molar-refractivity contribution >= 4 is 23.4 Å². The van der Waals surface area contributed by atoms with Crippen LogP contribution in [0.5, 0.6) is 0 Å². The van der Waals surface area contributed by atoms with E-state index in [4.69, 9.17) is 17.3 Å². The number of primary amides is 1. The third kappa shape index (κ3) is 5.42. The predicted molar refractivity (Wildman–Crippen MR) is 91.3 cm³/mol. The fraction of sp³-hybridized carbons (Fsp3) is 0.222. The number of aryl methyl sites for hydroxylation is 1. The Kier molecular flexibility index (Phi) is 6.18. The van der Waals surface area contributed by atoms with Gasteiger partial charge in [-0.05, 0) is 49.1 Å². The normalized spacial score (nSPS) is 11.7. The third-order valence-electron chi connectivity index (χ3n) is 3.56. The van der Waals surface area contributed by atoms with E-state index in [2.05, 4.69) is 5.32 Å². The first kappa shape index (κ1) is 17.0. The van der Waals surface area contributed by atoms with Crippen LogP contribution in [0.2, 0.25) is 5.02 Å². The van der Waals surface area contributed by atoms with Gasteiger partial charge in [-0.2, -0.15) is 0 Å². The van der Waals surface area contributed by atoms with Crippen molar-refractivity contribution in [2.45, 2.75) is 25.3 Å². The fourth-order valence-electron chi connectivity index (χ4n) is 2.28. The van der Waals surface area contributed by atoms with E-state index < -0.39 is 11.9 Å². The molecule has 0 heterocycles. The summed E-state index contributed by atoms with van der Waals surface area (Å²) in [7, 11) is 0. The second-order valence-corrected chi connectivity index (χ2v) is 5.75. The van der Waals surface area contributed by atoms with Crippen molar-refractivity contribution in [1.82, 2.24) is 5.32 Å². The molecule has 1 atom stereocenters. The second-order valence-electron chi connectivity index (χ2n) is 5.31. The Morgan fingerprint density at radius 3 is 2.30 bits per heavy atom. The molecule has 2 aromatic carbocycles. The number of amides is 2. The van der Waals surface area contributed by atoms with E-state index in [-0.39, 0.29) is 5.91 Å². The molecule has 0 saturated carbocycles. The number of carbonyl (C=O) groups excluding carboxylic acids is 2. The van der Waals surface area contributed by atoms with Crippen LogP contribution in [0.25, 0.3) is 0 Å². The quantitative estimate of drug-likeness (QED) is 0.819. The summed E-state index contributed by atoms with van der Waals surface area (Å²) in [5.74, 6) is -0.856. The molecule has 23 heavy (non-hydrogen) atoms. The lowest BCUT2D eigenvalue weighted by Crippen LogP contribution is -2.44. The van der Waals surface area contributed by atoms with Crippen LogP contribution in [-0.4, -0.2) is 17.9 Å². The number of nitrogens with one attached hydrogen (secondary N) is 1. The average Bonchev–Trinajstić information content (AvgIpc) is 2.55. The van der Waals surface area contributed by atoms with Gasteiger partial charge in [-0.25, -0.2) is 0 Å². The van der Waals surface area contributed by atoms with Crippen molar-refractivity contribution in [2.75, 3.05) is 0 Å². The topological polar surface area (TPSA) is 72.2 Å². The summed E-state index contributed by atoms with van der Waals surface area (Å²) in [6.45, 7) is 0. The van der Waals surface area contributed by atoms with Gasteiger partial charge in [-0.3, -0.25) is 9.59 Å². The number of nitrogens with two attached hydrogens (primary N) is 1. The highest BCUT2D eigenvalue weighted by Gasteiger charge is 2.18. The van der Waals surface area contributed by atoms with Crippen LogP contribution in [0.15, 0.2) is 54.6 Å². The molecule has 3 N–H and O–H groups in total. The summed E-state index contributed by atoms with van der Waals surface area (Å²) in [5.41, 5.74) is 7.03. The van der Waals surface area contributed by atoms with E-state index in [1.807, 2.05) is 30.3 Å². The standard InChI is InChI=1S/C18H19ClN2O2/c19-15-11-9-14(10-12-15)18(23)21-16(17(20)22)8-4-7-13-5-2-1-3-6-13/h1-3,5-6,9-12,16H,4,7-8H2,(H2,20,22)(H,21,23)/t16-/m0/s1. The molecule has 0 unspecified atom stereocenters. The Balaban J connectivity index is 1.89. The van der Waals surface area contributed by atoms with E-state index >= 15 is 0 Å². The predicted octanol–water partition coefficient (Wildman–Crippen LogP) is 2.95. The summed E-state index contributed by atoms with van der Waals surface area (Å²) < 4.78 is 0. The third-order valence-corrected chi connectivity index (χ3v) is 3.81. The Hall–Kier alpha value is -2.33. The number of carbonyl (C=O) groups is 2. The number of benzene rings is 2. The Labute approximate surface area is 140 Å². The molecule has 2 aromatic rings. The Morgan fingerprint density at radius 1 is 1.04 bits per heavy atom. The highest BCUT2D eigenvalue weighted by Crippen LogP contribution is 2.11. The van der Waals surface area contributed by atoms with Gasteiger partial charge in [0.1, 0.15) is 6.04 Å². The lowest BCUT2D eigenvalue weighted by Gasteiger charge is -2.15. The van der Waals surface area contributed by atoms with Gasteiger partial charge in [-0.15, -0.1) is 0 Å². The number of halogens is 1. The number of rotatable bonds is 7. The minimum atomic E-state index is -0.679.